The summed E-state index contributed by atoms with van der Waals surface area (Å²) in [6.07, 6.45) is 3.80. The molecule has 256 valence electrons. The maximum Gasteiger partial charge on any atom is 0.156 e. The van der Waals surface area contributed by atoms with Crippen LogP contribution in [0.1, 0.15) is 27.8 Å². The van der Waals surface area contributed by atoms with Crippen molar-refractivity contribution in [3.8, 4) is 46.1 Å². The summed E-state index contributed by atoms with van der Waals surface area (Å²) in [5.74, 6) is 3.06. The predicted molar refractivity (Wildman–Crippen MR) is 213 cm³/mol. The molecule has 5 heterocycles. The van der Waals surface area contributed by atoms with Crippen LogP contribution in [0.2, 0.25) is 0 Å². The number of aromatic nitrogens is 3. The minimum atomic E-state index is -0.819. The van der Waals surface area contributed by atoms with Crippen molar-refractivity contribution in [2.45, 2.75) is 5.41 Å². The second-order valence-corrected chi connectivity index (χ2v) is 14.1. The van der Waals surface area contributed by atoms with E-state index in [1.165, 1.54) is 0 Å². The average Bonchev–Trinajstić information content (AvgIpc) is 3.73. The molecule has 0 radical (unpaired) electrons. The van der Waals surface area contributed by atoms with Gasteiger partial charge in [-0.1, -0.05) is 78.9 Å². The van der Waals surface area contributed by atoms with Crippen molar-refractivity contribution in [2.75, 3.05) is 4.90 Å². The Bertz CT molecular complexity index is 3110. The Morgan fingerprint density at radius 1 is 0.527 bits per heavy atom. The average molecular weight is 706 g/mol. The molecule has 1 unspecified atom stereocenters. The number of pyridine rings is 2. The lowest BCUT2D eigenvalue weighted by atomic mass is 9.66. The largest absolute Gasteiger partial charge is 0.454 e. The molecule has 0 fully saturated rings. The number of rotatable bonds is 2. The van der Waals surface area contributed by atoms with Crippen molar-refractivity contribution in [3.05, 3.63) is 192 Å². The van der Waals surface area contributed by atoms with Crippen molar-refractivity contribution in [2.24, 2.45) is 0 Å². The van der Waals surface area contributed by atoms with E-state index in [0.717, 1.165) is 101 Å². The quantitative estimate of drug-likeness (QED) is 0.178. The zero-order chi connectivity index (χ0) is 36.3. The molecule has 1 aliphatic carbocycles. The fraction of sp³-hybridized carbons (Fsp3) is 0.0208. The van der Waals surface area contributed by atoms with Gasteiger partial charge in [-0.3, -0.25) is 14.9 Å². The Morgan fingerprint density at radius 3 is 2.04 bits per heavy atom. The van der Waals surface area contributed by atoms with Crippen LogP contribution in [0, 0.1) is 11.3 Å². The second kappa shape index (κ2) is 10.9. The molecule has 6 aromatic carbocycles. The SMILES string of the molecule is N#Cc1ccc2c(c1)c1ccccc1n2-c1cnc2c(c1)C1(c3ccccc3Oc3c(N4c5ccccc5Oc5ccccc54)cccc31)c1cccnc1-2. The number of benzene rings is 6. The van der Waals surface area contributed by atoms with Crippen LogP contribution in [-0.2, 0) is 5.41 Å². The van der Waals surface area contributed by atoms with Crippen LogP contribution < -0.4 is 14.4 Å². The topological polar surface area (TPSA) is 76.2 Å². The number of nitriles is 1. The number of anilines is 3. The zero-order valence-electron chi connectivity index (χ0n) is 29.1. The van der Waals surface area contributed by atoms with Crippen LogP contribution in [0.5, 0.6) is 23.0 Å². The lowest BCUT2D eigenvalue weighted by molar-refractivity contribution is 0.436. The van der Waals surface area contributed by atoms with Gasteiger partial charge in [0.25, 0.3) is 0 Å². The van der Waals surface area contributed by atoms with Crippen LogP contribution in [0.15, 0.2) is 164 Å². The molecule has 3 aromatic heterocycles. The Kier molecular flexibility index (Phi) is 5.92. The van der Waals surface area contributed by atoms with Crippen LogP contribution in [-0.4, -0.2) is 14.5 Å². The predicted octanol–water partition coefficient (Wildman–Crippen LogP) is 11.5. The van der Waals surface area contributed by atoms with Gasteiger partial charge in [-0.15, -0.1) is 0 Å². The first-order chi connectivity index (χ1) is 27.2. The van der Waals surface area contributed by atoms with Gasteiger partial charge < -0.3 is 14.0 Å². The number of hydrogen-bond acceptors (Lipinski definition) is 6. The number of fused-ring (bicyclic) bond motifs is 14. The number of ether oxygens (including phenoxy) is 2. The van der Waals surface area contributed by atoms with E-state index < -0.39 is 5.41 Å². The highest BCUT2D eigenvalue weighted by Gasteiger charge is 2.53. The summed E-state index contributed by atoms with van der Waals surface area (Å²) in [4.78, 5) is 12.5. The third kappa shape index (κ3) is 3.87. The monoisotopic (exact) mass is 705 g/mol. The van der Waals surface area contributed by atoms with Crippen molar-refractivity contribution >= 4 is 38.9 Å². The van der Waals surface area contributed by atoms with E-state index >= 15 is 0 Å². The van der Waals surface area contributed by atoms with Crippen molar-refractivity contribution in [1.29, 1.82) is 5.26 Å². The highest BCUT2D eigenvalue weighted by atomic mass is 16.5. The second-order valence-electron chi connectivity index (χ2n) is 14.1. The molecule has 0 saturated carbocycles. The van der Waals surface area contributed by atoms with Gasteiger partial charge in [0.15, 0.2) is 17.2 Å². The molecule has 12 rings (SSSR count). The Hall–Kier alpha value is -7.69. The lowest BCUT2D eigenvalue weighted by Gasteiger charge is -2.41. The standard InChI is InChI=1S/C48H27N5O2/c49-27-29-22-23-38-32(25-29)31-11-1-3-15-37(31)52(38)30-26-36-46(51-28-30)45-34(14-10-24-50-45)48(36)33-12-2-6-19-42(33)55-47-35(48)13-9-18-41(47)53-39-16-4-7-20-43(39)54-44-21-8-5-17-40(44)53/h1-26,28H. The molecule has 0 saturated heterocycles. The van der Waals surface area contributed by atoms with Gasteiger partial charge in [0, 0.05) is 33.7 Å². The van der Waals surface area contributed by atoms with E-state index in [1.54, 1.807) is 0 Å². The third-order valence-electron chi connectivity index (χ3n) is 11.3. The molecule has 1 atom stereocenters. The normalized spacial score (nSPS) is 15.6. The van der Waals surface area contributed by atoms with Crippen molar-refractivity contribution in [3.63, 3.8) is 0 Å². The van der Waals surface area contributed by atoms with Crippen LogP contribution in [0.25, 0.3) is 38.9 Å². The fourth-order valence-electron chi connectivity index (χ4n) is 9.18. The van der Waals surface area contributed by atoms with Gasteiger partial charge in [-0.25, -0.2) is 0 Å². The minimum Gasteiger partial charge on any atom is -0.454 e. The summed E-state index contributed by atoms with van der Waals surface area (Å²) in [7, 11) is 0. The van der Waals surface area contributed by atoms with E-state index in [4.69, 9.17) is 19.4 Å². The molecule has 0 amide bonds. The summed E-state index contributed by atoms with van der Waals surface area (Å²) in [6, 6.07) is 54.1. The molecule has 3 aliphatic rings. The first-order valence-electron chi connectivity index (χ1n) is 18.2. The van der Waals surface area contributed by atoms with Crippen LogP contribution >= 0.6 is 0 Å². The van der Waals surface area contributed by atoms with Crippen molar-refractivity contribution in [1.82, 2.24) is 14.5 Å². The Morgan fingerprint density at radius 2 is 1.20 bits per heavy atom. The Balaban J connectivity index is 1.17. The first kappa shape index (κ1) is 29.8. The summed E-state index contributed by atoms with van der Waals surface area (Å²) < 4.78 is 15.8. The minimum absolute atomic E-state index is 0.625. The Labute approximate surface area is 315 Å². The number of para-hydroxylation sites is 7. The molecule has 55 heavy (non-hydrogen) atoms. The molecule has 0 N–H and O–H groups in total. The molecule has 7 heteroatoms. The third-order valence-corrected chi connectivity index (χ3v) is 11.3. The van der Waals surface area contributed by atoms with E-state index in [-0.39, 0.29) is 0 Å². The van der Waals surface area contributed by atoms with Crippen LogP contribution in [0.4, 0.5) is 17.1 Å². The molecule has 9 aromatic rings. The van der Waals surface area contributed by atoms with Gasteiger partial charge in [0.2, 0.25) is 0 Å². The van der Waals surface area contributed by atoms with E-state index in [9.17, 15) is 5.26 Å². The van der Waals surface area contributed by atoms with Gasteiger partial charge in [0.05, 0.1) is 68.4 Å². The first-order valence-corrected chi connectivity index (χ1v) is 18.2. The lowest BCUT2D eigenvalue weighted by Crippen LogP contribution is -2.33. The van der Waals surface area contributed by atoms with Gasteiger partial charge >= 0.3 is 0 Å². The van der Waals surface area contributed by atoms with Gasteiger partial charge in [-0.05, 0) is 78.4 Å². The highest BCUT2D eigenvalue weighted by Crippen LogP contribution is 2.64. The molecular formula is C48H27N5O2. The van der Waals surface area contributed by atoms with E-state index in [1.807, 2.05) is 85.2 Å². The van der Waals surface area contributed by atoms with Crippen LogP contribution in [0.3, 0.4) is 0 Å². The van der Waals surface area contributed by atoms with E-state index in [0.29, 0.717) is 5.56 Å². The molecule has 2 aliphatic heterocycles. The summed E-state index contributed by atoms with van der Waals surface area (Å²) in [6.45, 7) is 0. The maximum absolute atomic E-state index is 9.79. The smallest absolute Gasteiger partial charge is 0.156 e. The highest BCUT2D eigenvalue weighted by molar-refractivity contribution is 6.09. The molecular weight excluding hydrogens is 679 g/mol. The van der Waals surface area contributed by atoms with Gasteiger partial charge in [0.1, 0.15) is 5.75 Å². The van der Waals surface area contributed by atoms with E-state index in [2.05, 4.69) is 94.4 Å². The molecule has 0 bridgehead atoms. The summed E-state index contributed by atoms with van der Waals surface area (Å²) in [5.41, 5.74) is 11.3. The number of hydrogen-bond donors (Lipinski definition) is 0. The maximum atomic E-state index is 9.79. The number of nitrogens with zero attached hydrogens (tertiary/aromatic N) is 5. The molecule has 7 nitrogen and oxygen atoms in total. The van der Waals surface area contributed by atoms with Crippen molar-refractivity contribution < 1.29 is 9.47 Å². The van der Waals surface area contributed by atoms with Gasteiger partial charge in [-0.2, -0.15) is 5.26 Å². The summed E-state index contributed by atoms with van der Waals surface area (Å²) in [5, 5.41) is 11.9. The zero-order valence-corrected chi connectivity index (χ0v) is 29.1. The fourth-order valence-corrected chi connectivity index (χ4v) is 9.18. The molecule has 1 spiro atoms. The summed E-state index contributed by atoms with van der Waals surface area (Å²) >= 11 is 0.